The number of anilines is 2. The Morgan fingerprint density at radius 1 is 0.710 bits per heavy atom. The Balaban J connectivity index is 1.09. The van der Waals surface area contributed by atoms with Crippen LogP contribution in [0, 0.1) is 0 Å². The maximum absolute atomic E-state index is 12.9. The number of nitrogens with one attached hydrogen (secondary N) is 1. The zero-order valence-electron chi connectivity index (χ0n) is 39.5. The normalized spacial score (nSPS) is 13.6. The predicted molar refractivity (Wildman–Crippen MR) is 263 cm³/mol. The summed E-state index contributed by atoms with van der Waals surface area (Å²) in [6, 6.07) is 25.2. The van der Waals surface area contributed by atoms with Gasteiger partial charge in [0.2, 0.25) is 11.4 Å². The predicted octanol–water partition coefficient (Wildman–Crippen LogP) is 4.57. The molecule has 1 amide bonds. The second-order valence-electron chi connectivity index (χ2n) is 18.1. The highest BCUT2D eigenvalue weighted by molar-refractivity contribution is 8.03. The zero-order chi connectivity index (χ0) is 50.1. The highest BCUT2D eigenvalue weighted by Gasteiger charge is 2.28. The number of carboxylic acid groups (broad SMARTS) is 5. The van der Waals surface area contributed by atoms with Gasteiger partial charge in [-0.2, -0.15) is 4.57 Å². The van der Waals surface area contributed by atoms with Crippen LogP contribution in [-0.2, 0) is 41.7 Å². The molecule has 1 aliphatic heterocycles. The molecule has 4 aromatic rings. The molecule has 3 aromatic carbocycles. The topological polar surface area (TPSA) is 232 Å². The lowest BCUT2D eigenvalue weighted by atomic mass is 10.0. The summed E-state index contributed by atoms with van der Waals surface area (Å²) in [4.78, 5) is 78.3. The second-order valence-corrected chi connectivity index (χ2v) is 19.1. The lowest BCUT2D eigenvalue weighted by Gasteiger charge is -2.34. The van der Waals surface area contributed by atoms with E-state index >= 15 is 0 Å². The van der Waals surface area contributed by atoms with Gasteiger partial charge < -0.3 is 40.2 Å². The monoisotopic (exact) mass is 971 g/mol. The van der Waals surface area contributed by atoms with Crippen molar-refractivity contribution in [3.05, 3.63) is 101 Å². The van der Waals surface area contributed by atoms with Crippen molar-refractivity contribution in [2.75, 3.05) is 96.8 Å². The number of aryl methyl sites for hydroxylation is 1. The number of carbonyl (C=O) groups is 6. The zero-order valence-corrected chi connectivity index (χ0v) is 40.4. The van der Waals surface area contributed by atoms with Gasteiger partial charge in [0, 0.05) is 61.9 Å². The van der Waals surface area contributed by atoms with Crippen LogP contribution in [0.25, 0.3) is 17.0 Å². The van der Waals surface area contributed by atoms with Crippen LogP contribution in [0.3, 0.4) is 0 Å². The van der Waals surface area contributed by atoms with Crippen LogP contribution in [-0.4, -0.2) is 173 Å². The lowest BCUT2D eigenvalue weighted by Crippen LogP contribution is -2.51. The Morgan fingerprint density at radius 3 is 1.96 bits per heavy atom. The molecular weight excluding hydrogens is 907 g/mol. The molecule has 1 aliphatic rings. The van der Waals surface area contributed by atoms with Crippen LogP contribution in [0.15, 0.2) is 95.0 Å². The number of carbonyl (C=O) groups excluding carboxylic acids is 1. The third kappa shape index (κ3) is 17.6. The van der Waals surface area contributed by atoms with Crippen molar-refractivity contribution in [1.82, 2.24) is 14.7 Å². The molecule has 6 N–H and O–H groups in total. The van der Waals surface area contributed by atoms with Crippen molar-refractivity contribution >= 4 is 75.9 Å². The molecule has 0 bridgehead atoms. The minimum Gasteiger partial charge on any atom is -0.480 e. The number of amides is 1. The molecule has 1 atom stereocenters. The highest BCUT2D eigenvalue weighted by atomic mass is 32.2. The van der Waals surface area contributed by atoms with E-state index in [2.05, 4.69) is 103 Å². The number of aromatic nitrogens is 1. The number of carboxylic acids is 5. The number of unbranched alkanes of at least 4 members (excludes halogenated alkanes) is 2. The lowest BCUT2D eigenvalue weighted by molar-refractivity contribution is -0.892. The Kier molecular flexibility index (Phi) is 20.1. The van der Waals surface area contributed by atoms with E-state index in [1.54, 1.807) is 36.0 Å². The van der Waals surface area contributed by atoms with Gasteiger partial charge in [-0.15, -0.1) is 0 Å². The van der Waals surface area contributed by atoms with Crippen molar-refractivity contribution in [3.8, 4) is 0 Å². The molecule has 69 heavy (non-hydrogen) atoms. The van der Waals surface area contributed by atoms with E-state index < -0.39 is 68.6 Å². The molecule has 0 spiro atoms. The van der Waals surface area contributed by atoms with Crippen molar-refractivity contribution in [2.24, 2.45) is 0 Å². The smallest absolute Gasteiger partial charge is 0.317 e. The molecule has 1 aromatic heterocycles. The van der Waals surface area contributed by atoms with Crippen LogP contribution in [0.1, 0.15) is 43.2 Å². The van der Waals surface area contributed by atoms with Gasteiger partial charge in [0.05, 0.1) is 82.4 Å². The largest absolute Gasteiger partial charge is 0.480 e. The fourth-order valence-electron chi connectivity index (χ4n) is 8.59. The first-order chi connectivity index (χ1) is 32.8. The summed E-state index contributed by atoms with van der Waals surface area (Å²) < 4.78 is 3.21. The van der Waals surface area contributed by atoms with E-state index in [1.165, 1.54) is 41.9 Å². The highest BCUT2D eigenvalue weighted by Crippen LogP contribution is 2.45. The number of para-hydroxylation sites is 2. The van der Waals surface area contributed by atoms with Gasteiger partial charge in [-0.05, 0) is 73.2 Å². The molecule has 0 aliphatic carbocycles. The summed E-state index contributed by atoms with van der Waals surface area (Å²) in [6.45, 7) is -0.570. The number of pyridine rings is 1. The fraction of sp³-hybridized carbons (Fsp3) is 0.420. The SMILES string of the molecule is CN1C(=Cc2cc[n+](CCC[N+](C)(C)CCCCCC(=O)Nc3ccc(CC(CN(CCN(CC(=O)O)CC(=O)O)CC(=O)O)N(CC(=O)O)CC(=O)O)cc3)c3ccccc23)Sc2ccccc21. The first-order valence-corrected chi connectivity index (χ1v) is 23.8. The van der Waals surface area contributed by atoms with Crippen molar-refractivity contribution < 1.29 is 63.3 Å². The summed E-state index contributed by atoms with van der Waals surface area (Å²) in [5.74, 6) is -6.52. The number of hydrogen-bond donors (Lipinski definition) is 6. The van der Waals surface area contributed by atoms with E-state index in [-0.39, 0.29) is 32.0 Å². The Bertz CT molecular complexity index is 2440. The standard InChI is InChI=1S/C50H63N7O11S/c1-52-42-14-8-9-15-43(42)69-45(52)29-37-21-23-55(41-13-7-6-12-40(37)41)22-11-27-57(2,3)26-10-4-5-16-44(58)51-38-19-17-36(18-20-38)28-39(56(34-49(65)66)35-50(67)68)30-53(31-46(59)60)24-25-54(32-47(61)62)33-48(63)64/h6-9,12-15,17-21,23,29,39H,4-5,10-11,16,22,24-28,30-35H2,1-3H3,(H4-2,51,58,59,60,61,62,63,64,65,66,67,68)/p+2. The number of aliphatic carboxylic acids is 5. The van der Waals surface area contributed by atoms with Crippen molar-refractivity contribution in [3.63, 3.8) is 0 Å². The summed E-state index contributed by atoms with van der Waals surface area (Å²) in [5.41, 5.74) is 4.82. The molecule has 1 unspecified atom stereocenters. The summed E-state index contributed by atoms with van der Waals surface area (Å²) in [6.07, 6.45) is 8.50. The summed E-state index contributed by atoms with van der Waals surface area (Å²) in [7, 11) is 6.60. The molecule has 0 saturated heterocycles. The second kappa shape index (κ2) is 25.8. The number of nitrogens with zero attached hydrogens (tertiary/aromatic N) is 6. The average Bonchev–Trinajstić information content (AvgIpc) is 3.59. The van der Waals surface area contributed by atoms with Crippen LogP contribution in [0.4, 0.5) is 11.4 Å². The molecule has 0 saturated carbocycles. The fourth-order valence-corrected chi connectivity index (χ4v) is 9.69. The van der Waals surface area contributed by atoms with Crippen molar-refractivity contribution in [2.45, 2.75) is 56.0 Å². The van der Waals surface area contributed by atoms with Crippen LogP contribution >= 0.6 is 11.8 Å². The average molecular weight is 972 g/mol. The van der Waals surface area contributed by atoms with E-state index in [9.17, 15) is 54.3 Å². The number of fused-ring (bicyclic) bond motifs is 2. The van der Waals surface area contributed by atoms with E-state index in [0.717, 1.165) is 54.7 Å². The molecule has 19 heteroatoms. The Labute approximate surface area is 406 Å². The molecule has 0 fully saturated rings. The summed E-state index contributed by atoms with van der Waals surface area (Å²) in [5, 5.41) is 52.7. The van der Waals surface area contributed by atoms with Crippen molar-refractivity contribution in [1.29, 1.82) is 0 Å². The molecular formula is C50H65N7O11S+2. The van der Waals surface area contributed by atoms with E-state index in [0.29, 0.717) is 17.7 Å². The molecule has 0 radical (unpaired) electrons. The number of benzene rings is 3. The van der Waals surface area contributed by atoms with Gasteiger partial charge in [0.15, 0.2) is 12.7 Å². The maximum Gasteiger partial charge on any atom is 0.317 e. The van der Waals surface area contributed by atoms with Gasteiger partial charge in [-0.25, -0.2) is 0 Å². The van der Waals surface area contributed by atoms with Crippen LogP contribution in [0.2, 0.25) is 0 Å². The van der Waals surface area contributed by atoms with E-state index in [4.69, 9.17) is 0 Å². The number of thioether (sulfide) groups is 1. The first-order valence-electron chi connectivity index (χ1n) is 23.0. The van der Waals surface area contributed by atoms with Gasteiger partial charge in [0.25, 0.3) is 0 Å². The van der Waals surface area contributed by atoms with Gasteiger partial charge in [-0.3, -0.25) is 43.5 Å². The van der Waals surface area contributed by atoms with E-state index in [1.807, 2.05) is 0 Å². The quantitative estimate of drug-likeness (QED) is 0.0239. The molecule has 370 valence electrons. The van der Waals surface area contributed by atoms with Gasteiger partial charge in [0.1, 0.15) is 0 Å². The number of hydrogen-bond acceptors (Lipinski definition) is 11. The Hall–Kier alpha value is -6.38. The first kappa shape index (κ1) is 53.6. The number of rotatable bonds is 30. The maximum atomic E-state index is 12.9. The molecule has 2 heterocycles. The minimum absolute atomic E-state index is 0.0972. The molecule has 5 rings (SSSR count). The Morgan fingerprint density at radius 2 is 1.30 bits per heavy atom. The summed E-state index contributed by atoms with van der Waals surface area (Å²) >= 11 is 1.79. The van der Waals surface area contributed by atoms with Crippen LogP contribution < -0.4 is 14.8 Å². The molecule has 18 nitrogen and oxygen atoms in total. The third-order valence-electron chi connectivity index (χ3n) is 12.0. The number of quaternary nitrogens is 1. The minimum atomic E-state index is -1.30. The van der Waals surface area contributed by atoms with Gasteiger partial charge in [-0.1, -0.05) is 48.2 Å². The van der Waals surface area contributed by atoms with Gasteiger partial charge >= 0.3 is 29.8 Å². The van der Waals surface area contributed by atoms with Crippen LogP contribution in [0.5, 0.6) is 0 Å². The third-order valence-corrected chi connectivity index (χ3v) is 13.2.